The highest BCUT2D eigenvalue weighted by atomic mass is 19.4. The monoisotopic (exact) mass is 354 g/mol. The van der Waals surface area contributed by atoms with Gasteiger partial charge in [0.2, 0.25) is 0 Å². The molecule has 0 radical (unpaired) electrons. The third-order valence-electron chi connectivity index (χ3n) is 2.87. The number of aliphatic hydroxyl groups is 1. The second-order valence-corrected chi connectivity index (χ2v) is 4.89. The van der Waals surface area contributed by atoms with Gasteiger partial charge in [0.05, 0.1) is 12.2 Å². The molecule has 0 saturated carbocycles. The number of aliphatic hydroxyl groups excluding tert-OH is 1. The second kappa shape index (κ2) is 7.05. The molecule has 0 aliphatic rings. The molecule has 0 fully saturated rings. The lowest BCUT2D eigenvalue weighted by atomic mass is 9.83. The Morgan fingerprint density at radius 2 is 1.52 bits per heavy atom. The zero-order valence-corrected chi connectivity index (χ0v) is 12.5. The molecule has 0 aliphatic heterocycles. The van der Waals surface area contributed by atoms with Gasteiger partial charge in [-0.05, 0) is 13.8 Å². The molecule has 0 saturated heterocycles. The molecule has 0 amide bonds. The van der Waals surface area contributed by atoms with Crippen LogP contribution in [0, 0.1) is 0 Å². The molecule has 0 rings (SSSR count). The third-order valence-corrected chi connectivity index (χ3v) is 2.87. The van der Waals surface area contributed by atoms with E-state index in [4.69, 9.17) is 5.11 Å². The Morgan fingerprint density at radius 1 is 1.09 bits per heavy atom. The van der Waals surface area contributed by atoms with Crippen molar-refractivity contribution in [3.05, 3.63) is 12.2 Å². The Bertz CT molecular complexity index is 426. The Kier molecular flexibility index (Phi) is 6.65. The zero-order chi connectivity index (χ0) is 18.7. The molecule has 0 bridgehead atoms. The Balaban J connectivity index is 6.09. The van der Waals surface area contributed by atoms with E-state index in [2.05, 4.69) is 20.8 Å². The Labute approximate surface area is 127 Å². The number of carbonyl (C=O) groups excluding carboxylic acids is 1. The van der Waals surface area contributed by atoms with Crippen molar-refractivity contribution in [2.75, 3.05) is 20.5 Å². The molecule has 0 spiro atoms. The van der Waals surface area contributed by atoms with Crippen LogP contribution in [-0.4, -0.2) is 55.1 Å². The lowest BCUT2D eigenvalue weighted by Gasteiger charge is -2.46. The average Bonchev–Trinajstić information content (AvgIpc) is 2.34. The van der Waals surface area contributed by atoms with Crippen LogP contribution < -0.4 is 0 Å². The van der Waals surface area contributed by atoms with Crippen LogP contribution in [0.5, 0.6) is 0 Å². The van der Waals surface area contributed by atoms with Crippen LogP contribution in [0.1, 0.15) is 13.8 Å². The minimum atomic E-state index is -5.99. The lowest BCUT2D eigenvalue weighted by Crippen LogP contribution is -2.71. The summed E-state index contributed by atoms with van der Waals surface area (Å²) in [5.74, 6) is -1.63. The van der Waals surface area contributed by atoms with E-state index in [1.807, 2.05) is 0 Å². The first-order valence-corrected chi connectivity index (χ1v) is 5.96. The van der Waals surface area contributed by atoms with E-state index in [1.165, 1.54) is 0 Å². The summed E-state index contributed by atoms with van der Waals surface area (Å²) in [5.41, 5.74) is -8.81. The molecule has 0 aromatic rings. The van der Waals surface area contributed by atoms with E-state index in [1.54, 1.807) is 0 Å². The van der Waals surface area contributed by atoms with Crippen LogP contribution in [0.4, 0.5) is 26.3 Å². The summed E-state index contributed by atoms with van der Waals surface area (Å²) >= 11 is 0. The van der Waals surface area contributed by atoms with Gasteiger partial charge in [-0.25, -0.2) is 4.79 Å². The summed E-state index contributed by atoms with van der Waals surface area (Å²) in [6.45, 7) is 1.37. The van der Waals surface area contributed by atoms with Crippen LogP contribution in [0.3, 0.4) is 0 Å². The van der Waals surface area contributed by atoms with Gasteiger partial charge < -0.3 is 19.3 Å². The molecular weight excluding hydrogens is 338 g/mol. The summed E-state index contributed by atoms with van der Waals surface area (Å²) in [6, 6.07) is 0. The SMILES string of the molecule is C=C(CO)C(=O)OC(C)(C)C(OCOC)(C(F)(F)F)C(F)(F)F. The molecule has 11 heteroatoms. The van der Waals surface area contributed by atoms with Crippen LogP contribution in [0.15, 0.2) is 12.2 Å². The second-order valence-electron chi connectivity index (χ2n) is 4.89. The minimum absolute atomic E-state index is 0.381. The van der Waals surface area contributed by atoms with Crippen molar-refractivity contribution < 1.29 is 50.5 Å². The van der Waals surface area contributed by atoms with Crippen molar-refractivity contribution in [2.24, 2.45) is 0 Å². The van der Waals surface area contributed by atoms with Gasteiger partial charge in [0.25, 0.3) is 0 Å². The number of methoxy groups -OCH3 is 1. The maximum atomic E-state index is 13.3. The van der Waals surface area contributed by atoms with E-state index in [0.717, 1.165) is 7.11 Å². The summed E-state index contributed by atoms with van der Waals surface area (Å²) in [4.78, 5) is 11.5. The molecule has 0 unspecified atom stereocenters. The quantitative estimate of drug-likeness (QED) is 0.329. The largest absolute Gasteiger partial charge is 0.452 e. The molecular formula is C12H16F6O5. The maximum Gasteiger partial charge on any atom is 0.430 e. The summed E-state index contributed by atoms with van der Waals surface area (Å²) in [6.07, 6.45) is -12.0. The fourth-order valence-corrected chi connectivity index (χ4v) is 1.77. The van der Waals surface area contributed by atoms with Crippen molar-refractivity contribution in [2.45, 2.75) is 37.4 Å². The number of alkyl halides is 6. The maximum absolute atomic E-state index is 13.3. The van der Waals surface area contributed by atoms with Crippen molar-refractivity contribution in [3.63, 3.8) is 0 Å². The summed E-state index contributed by atoms with van der Waals surface area (Å²) in [7, 11) is 0.824. The highest BCUT2D eigenvalue weighted by Crippen LogP contribution is 2.53. The number of hydrogen-bond acceptors (Lipinski definition) is 5. The topological polar surface area (TPSA) is 65.0 Å². The van der Waals surface area contributed by atoms with E-state index >= 15 is 0 Å². The Hall–Kier alpha value is -1.33. The van der Waals surface area contributed by atoms with Crippen LogP contribution >= 0.6 is 0 Å². The fourth-order valence-electron chi connectivity index (χ4n) is 1.77. The fraction of sp³-hybridized carbons (Fsp3) is 0.750. The number of halogens is 6. The molecule has 5 nitrogen and oxygen atoms in total. The number of esters is 1. The molecule has 23 heavy (non-hydrogen) atoms. The van der Waals surface area contributed by atoms with Gasteiger partial charge in [0, 0.05) is 7.11 Å². The first-order valence-electron chi connectivity index (χ1n) is 5.96. The predicted molar refractivity (Wildman–Crippen MR) is 64.2 cm³/mol. The molecule has 0 heterocycles. The summed E-state index contributed by atoms with van der Waals surface area (Å²) in [5, 5.41) is 8.67. The van der Waals surface area contributed by atoms with E-state index < -0.39 is 48.5 Å². The van der Waals surface area contributed by atoms with Gasteiger partial charge in [0.1, 0.15) is 6.79 Å². The van der Waals surface area contributed by atoms with Crippen LogP contribution in [-0.2, 0) is 19.0 Å². The first-order chi connectivity index (χ1) is 10.2. The van der Waals surface area contributed by atoms with Gasteiger partial charge in [-0.2, -0.15) is 26.3 Å². The van der Waals surface area contributed by atoms with Gasteiger partial charge in [-0.1, -0.05) is 6.58 Å². The van der Waals surface area contributed by atoms with E-state index in [9.17, 15) is 31.1 Å². The van der Waals surface area contributed by atoms with Gasteiger partial charge in [-0.15, -0.1) is 0 Å². The predicted octanol–water partition coefficient (Wildman–Crippen LogP) is 2.34. The standard InChI is InChI=1S/C12H16F6O5/c1-7(5-19)8(20)23-9(2,3)10(11(13,14)15,12(16,17)18)22-6-21-4/h19H,1,5-6H2,2-4H3. The lowest BCUT2D eigenvalue weighted by molar-refractivity contribution is -0.428. The van der Waals surface area contributed by atoms with Crippen molar-refractivity contribution in [1.29, 1.82) is 0 Å². The molecule has 1 N–H and O–H groups in total. The van der Waals surface area contributed by atoms with Gasteiger partial charge >= 0.3 is 23.9 Å². The molecule has 0 aromatic heterocycles. The van der Waals surface area contributed by atoms with Gasteiger partial charge in [-0.3, -0.25) is 0 Å². The molecule has 136 valence electrons. The van der Waals surface area contributed by atoms with Crippen LogP contribution in [0.25, 0.3) is 0 Å². The highest BCUT2D eigenvalue weighted by Gasteiger charge is 2.80. The van der Waals surface area contributed by atoms with E-state index in [-0.39, 0.29) is 0 Å². The van der Waals surface area contributed by atoms with Crippen molar-refractivity contribution in [1.82, 2.24) is 0 Å². The number of hydrogen-bond donors (Lipinski definition) is 1. The van der Waals surface area contributed by atoms with Crippen molar-refractivity contribution in [3.8, 4) is 0 Å². The molecule has 0 aliphatic carbocycles. The minimum Gasteiger partial charge on any atom is -0.452 e. The average molecular weight is 354 g/mol. The normalized spacial score (nSPS) is 13.8. The number of rotatable bonds is 7. The van der Waals surface area contributed by atoms with Crippen LogP contribution in [0.2, 0.25) is 0 Å². The zero-order valence-electron chi connectivity index (χ0n) is 12.5. The van der Waals surface area contributed by atoms with E-state index in [0.29, 0.717) is 13.8 Å². The number of ether oxygens (including phenoxy) is 3. The molecule has 0 aromatic carbocycles. The van der Waals surface area contributed by atoms with Gasteiger partial charge in [0.15, 0.2) is 5.60 Å². The highest BCUT2D eigenvalue weighted by molar-refractivity contribution is 5.88. The summed E-state index contributed by atoms with van der Waals surface area (Å²) < 4.78 is 91.9. The first kappa shape index (κ1) is 21.7. The Morgan fingerprint density at radius 3 is 1.83 bits per heavy atom. The smallest absolute Gasteiger partial charge is 0.430 e. The van der Waals surface area contributed by atoms with Crippen molar-refractivity contribution >= 4 is 5.97 Å². The third kappa shape index (κ3) is 4.15. The number of carbonyl (C=O) groups is 1. The molecule has 0 atom stereocenters.